The van der Waals surface area contributed by atoms with E-state index in [2.05, 4.69) is 26.1 Å². The summed E-state index contributed by atoms with van der Waals surface area (Å²) in [7, 11) is 0. The highest BCUT2D eigenvalue weighted by Crippen LogP contribution is 2.26. The molecule has 0 saturated carbocycles. The molecular weight excluding hydrogens is 632 g/mol. The Morgan fingerprint density at radius 1 is 0.773 bits per heavy atom. The van der Waals surface area contributed by atoms with Crippen molar-refractivity contribution in [3.05, 3.63) is 117 Å². The van der Waals surface area contributed by atoms with Crippen molar-refractivity contribution in [2.75, 3.05) is 5.73 Å². The number of nitriles is 1. The molecule has 0 saturated heterocycles. The van der Waals surface area contributed by atoms with E-state index in [0.29, 0.717) is 17.2 Å². The zero-order valence-corrected chi connectivity index (χ0v) is 25.9. The van der Waals surface area contributed by atoms with Gasteiger partial charge in [0.1, 0.15) is 40.2 Å². The average Bonchev–Trinajstić information content (AvgIpc) is 2.92. The van der Waals surface area contributed by atoms with Crippen LogP contribution in [0.1, 0.15) is 55.1 Å². The van der Waals surface area contributed by atoms with Crippen LogP contribution >= 0.6 is 15.9 Å². The molecule has 44 heavy (non-hydrogen) atoms. The number of ether oxygens (including phenoxy) is 2. The number of rotatable bonds is 5. The predicted octanol–water partition coefficient (Wildman–Crippen LogP) is 11.7. The van der Waals surface area contributed by atoms with E-state index in [0.717, 1.165) is 27.0 Å². The first kappa shape index (κ1) is 41.6. The maximum Gasteiger partial charge on any atom is 0.155 e. The van der Waals surface area contributed by atoms with E-state index in [9.17, 15) is 13.7 Å². The van der Waals surface area contributed by atoms with Crippen LogP contribution in [0, 0.1) is 41.7 Å². The van der Waals surface area contributed by atoms with Gasteiger partial charge in [-0.3, -0.25) is 0 Å². The van der Waals surface area contributed by atoms with E-state index in [1.165, 1.54) is 31.2 Å². The van der Waals surface area contributed by atoms with Gasteiger partial charge in [0.15, 0.2) is 5.34 Å². The van der Waals surface area contributed by atoms with Gasteiger partial charge in [0.2, 0.25) is 0 Å². The topological polar surface area (TPSA) is 107 Å². The van der Waals surface area contributed by atoms with Gasteiger partial charge in [-0.2, -0.15) is 5.26 Å². The highest BCUT2D eigenvalue weighted by molar-refractivity contribution is 9.10. The van der Waals surface area contributed by atoms with Gasteiger partial charge >= 0.3 is 0 Å². The number of nitrogens with two attached hydrogens (primary N) is 1. The van der Waals surface area contributed by atoms with Crippen LogP contribution in [-0.2, 0) is 4.84 Å². The fourth-order valence-electron chi connectivity index (χ4n) is 2.78. The number of benzene rings is 4. The van der Waals surface area contributed by atoms with Gasteiger partial charge in [-0.25, -0.2) is 8.78 Å². The second-order valence-electron chi connectivity index (χ2n) is 9.54. The standard InChI is InChI=1S/C13H10BrFO.C13H12FNO.C4H9NO2.C2H3N.2CH4.H2/c1-9-8-12(6-7-13(9)14)16-11-4-2-10(15)3-5-11;1-9-8-12(6-7-13(9)15)16-11-4-2-10(14)3-5-11;1-4(2,3)7-5-6;1-2-3;;;/h2-8H,1H3;2-8H,15H2,1H3;1-3H3;1H3;2*1H4;1H/i;;;;;;1+1. The lowest BCUT2D eigenvalue weighted by Gasteiger charge is -2.11. The van der Waals surface area contributed by atoms with Crippen LogP contribution in [0.2, 0.25) is 0 Å². The van der Waals surface area contributed by atoms with Crippen LogP contribution in [0.5, 0.6) is 23.0 Å². The first-order chi connectivity index (χ1) is 19.8. The lowest BCUT2D eigenvalue weighted by atomic mass is 10.2. The van der Waals surface area contributed by atoms with E-state index in [1.807, 2.05) is 38.1 Å². The molecule has 0 aliphatic carbocycles. The third-order valence-corrected chi connectivity index (χ3v) is 5.67. The number of halogens is 3. The Bertz CT molecular complexity index is 1350. The molecule has 240 valence electrons. The molecule has 4 aromatic rings. The third-order valence-electron chi connectivity index (χ3n) is 4.78. The quantitative estimate of drug-likeness (QED) is 0.128. The van der Waals surface area contributed by atoms with E-state index >= 15 is 0 Å². The minimum atomic E-state index is -0.429. The van der Waals surface area contributed by atoms with Gasteiger partial charge in [0.25, 0.3) is 0 Å². The van der Waals surface area contributed by atoms with Crippen LogP contribution in [-0.4, -0.2) is 5.60 Å². The molecule has 0 amide bonds. The number of aryl methyl sites for hydroxylation is 2. The largest absolute Gasteiger partial charge is 0.457 e. The predicted molar refractivity (Wildman–Crippen MR) is 181 cm³/mol. The Hall–Kier alpha value is -4.49. The first-order valence-electron chi connectivity index (χ1n) is 12.6. The monoisotopic (exact) mass is 676 g/mol. The second kappa shape index (κ2) is 21.2. The highest BCUT2D eigenvalue weighted by atomic mass is 79.9. The molecule has 0 unspecified atom stereocenters. The Balaban J connectivity index is -0.000000579. The normalized spacial score (nSPS) is 9.27. The van der Waals surface area contributed by atoms with Crippen molar-refractivity contribution in [1.29, 1.82) is 5.26 Å². The summed E-state index contributed by atoms with van der Waals surface area (Å²) in [6.07, 6.45) is 0. The van der Waals surface area contributed by atoms with Crippen molar-refractivity contribution in [3.63, 3.8) is 0 Å². The summed E-state index contributed by atoms with van der Waals surface area (Å²) in [4.78, 5) is 13.6. The minimum Gasteiger partial charge on any atom is -0.457 e. The van der Waals surface area contributed by atoms with Gasteiger partial charge in [0.05, 0.1) is 6.07 Å². The molecule has 0 fully saturated rings. The van der Waals surface area contributed by atoms with Gasteiger partial charge in [-0.15, -0.1) is 4.91 Å². The van der Waals surface area contributed by atoms with Crippen molar-refractivity contribution < 1.29 is 24.5 Å². The molecule has 0 bridgehead atoms. The fraction of sp³-hybridized carbons (Fsp3) is 0.265. The molecule has 0 atom stereocenters. The molecule has 4 rings (SSSR count). The van der Waals surface area contributed by atoms with Crippen LogP contribution in [0.4, 0.5) is 14.5 Å². The van der Waals surface area contributed by atoms with Crippen LogP contribution in [0.3, 0.4) is 0 Å². The number of nitrogens with zero attached hydrogens (tertiary/aromatic N) is 2. The van der Waals surface area contributed by atoms with Crippen LogP contribution in [0.15, 0.2) is 94.7 Å². The summed E-state index contributed by atoms with van der Waals surface area (Å²) in [6.45, 7) is 10.6. The van der Waals surface area contributed by atoms with Crippen LogP contribution in [0.25, 0.3) is 0 Å². The fourth-order valence-corrected chi connectivity index (χ4v) is 3.03. The molecule has 0 aliphatic heterocycles. The zero-order valence-electron chi connectivity index (χ0n) is 24.3. The van der Waals surface area contributed by atoms with E-state index in [4.69, 9.17) is 20.5 Å². The zero-order chi connectivity index (χ0) is 31.7. The van der Waals surface area contributed by atoms with Crippen molar-refractivity contribution in [3.8, 4) is 29.1 Å². The van der Waals surface area contributed by atoms with Crippen LogP contribution < -0.4 is 15.2 Å². The summed E-state index contributed by atoms with van der Waals surface area (Å²) in [5.74, 6) is 2.12. The Kier molecular flexibility index (Phi) is 20.1. The Morgan fingerprint density at radius 3 is 1.45 bits per heavy atom. The molecule has 0 heterocycles. The summed E-state index contributed by atoms with van der Waals surface area (Å²) in [5.41, 5.74) is 8.05. The van der Waals surface area contributed by atoms with E-state index in [1.54, 1.807) is 63.2 Å². The third kappa shape index (κ3) is 17.5. The SMILES string of the molecule is C.C.CC#N.CC(C)(C)ON=O.Cc1cc(Oc2ccc(F)cc2)ccc1Br.Cc1cc(Oc2ccc(F)cc2)ccc1N.[2HH]. The van der Waals surface area contributed by atoms with Gasteiger partial charge < -0.3 is 20.0 Å². The molecule has 0 radical (unpaired) electrons. The average molecular weight is 678 g/mol. The number of hydrogen-bond donors (Lipinski definition) is 1. The maximum absolute atomic E-state index is 12.7. The second-order valence-corrected chi connectivity index (χ2v) is 10.4. The summed E-state index contributed by atoms with van der Waals surface area (Å²) >= 11 is 3.42. The first-order valence-corrected chi connectivity index (χ1v) is 13.4. The highest BCUT2D eigenvalue weighted by Gasteiger charge is 2.09. The molecule has 7 nitrogen and oxygen atoms in total. The van der Waals surface area contributed by atoms with E-state index in [-0.39, 0.29) is 27.9 Å². The Morgan fingerprint density at radius 2 is 1.14 bits per heavy atom. The minimum absolute atomic E-state index is 0. The lowest BCUT2D eigenvalue weighted by Crippen LogP contribution is -2.14. The summed E-state index contributed by atoms with van der Waals surface area (Å²) in [5, 5.41) is 9.58. The summed E-state index contributed by atoms with van der Waals surface area (Å²) < 4.78 is 37.5. The number of hydrogen-bond acceptors (Lipinski definition) is 7. The van der Waals surface area contributed by atoms with Crippen molar-refractivity contribution in [1.82, 2.24) is 0 Å². The van der Waals surface area contributed by atoms with Gasteiger partial charge in [0, 0.05) is 18.5 Å². The summed E-state index contributed by atoms with van der Waals surface area (Å²) in [6, 6.07) is 24.7. The Labute approximate surface area is 270 Å². The van der Waals surface area contributed by atoms with Crippen molar-refractivity contribution in [2.24, 2.45) is 5.34 Å². The molecule has 0 aromatic heterocycles. The number of anilines is 1. The molecular formula is C34H44BrF2N3O4. The van der Waals surface area contributed by atoms with E-state index < -0.39 is 5.60 Å². The molecule has 2 N–H and O–H groups in total. The maximum atomic E-state index is 12.7. The molecule has 0 spiro atoms. The van der Waals surface area contributed by atoms with Gasteiger partial charge in [-0.05, 0) is 131 Å². The van der Waals surface area contributed by atoms with Crippen molar-refractivity contribution >= 4 is 21.6 Å². The lowest BCUT2D eigenvalue weighted by molar-refractivity contribution is -0.00230. The smallest absolute Gasteiger partial charge is 0.155 e. The molecule has 10 heteroatoms. The molecule has 4 aromatic carbocycles. The van der Waals surface area contributed by atoms with Crippen molar-refractivity contribution in [2.45, 2.75) is 62.0 Å². The molecule has 0 aliphatic rings. The van der Waals surface area contributed by atoms with Gasteiger partial charge in [-0.1, -0.05) is 30.8 Å². The number of nitrogen functional groups attached to an aromatic ring is 1.